The quantitative estimate of drug-likeness (QED) is 0.758. The number of fused-ring (bicyclic) bond motifs is 1. The highest BCUT2D eigenvalue weighted by molar-refractivity contribution is 5.82. The minimum atomic E-state index is 0.0594. The van der Waals surface area contributed by atoms with Crippen molar-refractivity contribution in [2.45, 2.75) is 13.0 Å². The highest BCUT2D eigenvalue weighted by Gasteiger charge is 2.10. The van der Waals surface area contributed by atoms with E-state index in [-0.39, 0.29) is 6.04 Å². The second-order valence-electron chi connectivity index (χ2n) is 4.42. The molecule has 6 heteroatoms. The van der Waals surface area contributed by atoms with E-state index in [0.29, 0.717) is 17.0 Å². The maximum Gasteiger partial charge on any atom is 0.182 e. The van der Waals surface area contributed by atoms with E-state index in [2.05, 4.69) is 31.3 Å². The van der Waals surface area contributed by atoms with E-state index in [0.717, 1.165) is 11.1 Å². The third-order valence-electron chi connectivity index (χ3n) is 3.12. The van der Waals surface area contributed by atoms with Gasteiger partial charge in [-0.25, -0.2) is 15.0 Å². The van der Waals surface area contributed by atoms with Crippen molar-refractivity contribution in [2.24, 2.45) is 0 Å². The maximum atomic E-state index is 8.80. The second kappa shape index (κ2) is 4.97. The van der Waals surface area contributed by atoms with Gasteiger partial charge in [-0.1, -0.05) is 12.1 Å². The predicted molar refractivity (Wildman–Crippen MR) is 74.9 cm³/mol. The number of rotatable bonds is 3. The lowest BCUT2D eigenvalue weighted by Crippen LogP contribution is -2.08. The summed E-state index contributed by atoms with van der Waals surface area (Å²) >= 11 is 0. The normalized spacial score (nSPS) is 12.0. The molecule has 0 saturated heterocycles. The molecular formula is C14H12N6. The van der Waals surface area contributed by atoms with Crippen molar-refractivity contribution in [3.8, 4) is 6.07 Å². The fraction of sp³-hybridized carbons (Fsp3) is 0.143. The Morgan fingerprint density at radius 1 is 1.20 bits per heavy atom. The number of hydrogen-bond donors (Lipinski definition) is 2. The van der Waals surface area contributed by atoms with E-state index in [1.54, 1.807) is 18.5 Å². The Hall–Kier alpha value is -2.94. The van der Waals surface area contributed by atoms with Crippen LogP contribution in [0.5, 0.6) is 0 Å². The van der Waals surface area contributed by atoms with E-state index in [4.69, 9.17) is 5.26 Å². The number of aromatic nitrogens is 4. The zero-order chi connectivity index (χ0) is 13.9. The molecule has 0 bridgehead atoms. The molecule has 0 amide bonds. The Kier molecular flexibility index (Phi) is 3.01. The summed E-state index contributed by atoms with van der Waals surface area (Å²) in [5.41, 5.74) is 3.15. The van der Waals surface area contributed by atoms with Crippen molar-refractivity contribution in [2.75, 3.05) is 5.32 Å². The van der Waals surface area contributed by atoms with Crippen LogP contribution < -0.4 is 5.32 Å². The third kappa shape index (κ3) is 2.17. The SMILES string of the molecule is C[C@H](Nc1ncnc2nc[nH]c12)c1ccc(C#N)cc1. The van der Waals surface area contributed by atoms with Crippen LogP contribution in [0.25, 0.3) is 11.2 Å². The molecule has 1 atom stereocenters. The number of nitriles is 1. The van der Waals surface area contributed by atoms with Crippen LogP contribution in [0.2, 0.25) is 0 Å². The Balaban J connectivity index is 1.86. The van der Waals surface area contributed by atoms with Gasteiger partial charge in [0.25, 0.3) is 0 Å². The fourth-order valence-electron chi connectivity index (χ4n) is 2.01. The molecule has 2 heterocycles. The van der Waals surface area contributed by atoms with Gasteiger partial charge in [0.15, 0.2) is 11.5 Å². The topological polar surface area (TPSA) is 90.3 Å². The lowest BCUT2D eigenvalue weighted by atomic mass is 10.1. The van der Waals surface area contributed by atoms with Crippen LogP contribution in [0.4, 0.5) is 5.82 Å². The predicted octanol–water partition coefficient (Wildman–Crippen LogP) is 2.40. The first-order valence-electron chi connectivity index (χ1n) is 6.18. The number of nitrogens with one attached hydrogen (secondary N) is 2. The molecule has 1 aromatic carbocycles. The van der Waals surface area contributed by atoms with Crippen molar-refractivity contribution >= 4 is 17.0 Å². The summed E-state index contributed by atoms with van der Waals surface area (Å²) in [5, 5.41) is 12.1. The smallest absolute Gasteiger partial charge is 0.182 e. The molecule has 3 rings (SSSR count). The molecule has 0 fully saturated rings. The zero-order valence-electron chi connectivity index (χ0n) is 10.8. The van der Waals surface area contributed by atoms with Crippen LogP contribution >= 0.6 is 0 Å². The van der Waals surface area contributed by atoms with E-state index >= 15 is 0 Å². The lowest BCUT2D eigenvalue weighted by Gasteiger charge is -2.15. The molecule has 0 aliphatic rings. The Morgan fingerprint density at radius 3 is 2.75 bits per heavy atom. The average molecular weight is 264 g/mol. The third-order valence-corrected chi connectivity index (χ3v) is 3.12. The highest BCUT2D eigenvalue weighted by atomic mass is 15.1. The van der Waals surface area contributed by atoms with Gasteiger partial charge in [-0.3, -0.25) is 0 Å². The largest absolute Gasteiger partial charge is 0.362 e. The van der Waals surface area contributed by atoms with Gasteiger partial charge in [0.2, 0.25) is 0 Å². The summed E-state index contributed by atoms with van der Waals surface area (Å²) < 4.78 is 0. The first-order chi connectivity index (χ1) is 9.78. The van der Waals surface area contributed by atoms with Crippen molar-refractivity contribution < 1.29 is 0 Å². The molecule has 3 aromatic rings. The standard InChI is InChI=1S/C14H12N6/c1-9(11-4-2-10(6-15)3-5-11)20-14-12-13(17-7-16-12)18-8-19-14/h2-5,7-9H,1H3,(H2,16,17,18,19,20)/t9-/m0/s1. The molecule has 98 valence electrons. The van der Waals surface area contributed by atoms with Gasteiger partial charge in [-0.15, -0.1) is 0 Å². The molecule has 0 radical (unpaired) electrons. The number of nitrogens with zero attached hydrogens (tertiary/aromatic N) is 4. The Labute approximate surface area is 115 Å². The number of imidazole rings is 1. The van der Waals surface area contributed by atoms with Crippen molar-refractivity contribution in [3.05, 3.63) is 48.0 Å². The molecule has 0 unspecified atom stereocenters. The number of hydrogen-bond acceptors (Lipinski definition) is 5. The second-order valence-corrected chi connectivity index (χ2v) is 4.42. The summed E-state index contributed by atoms with van der Waals surface area (Å²) in [4.78, 5) is 15.4. The van der Waals surface area contributed by atoms with Crippen LogP contribution in [-0.2, 0) is 0 Å². The van der Waals surface area contributed by atoms with Crippen LogP contribution in [0.1, 0.15) is 24.1 Å². The van der Waals surface area contributed by atoms with Gasteiger partial charge in [-0.2, -0.15) is 5.26 Å². The number of anilines is 1. The molecule has 6 nitrogen and oxygen atoms in total. The van der Waals surface area contributed by atoms with Crippen molar-refractivity contribution in [1.29, 1.82) is 5.26 Å². The summed E-state index contributed by atoms with van der Waals surface area (Å²) in [7, 11) is 0. The van der Waals surface area contributed by atoms with Gasteiger partial charge in [0.1, 0.15) is 11.8 Å². The summed E-state index contributed by atoms with van der Waals surface area (Å²) in [6.45, 7) is 2.03. The fourth-order valence-corrected chi connectivity index (χ4v) is 2.01. The Bertz CT molecular complexity index is 768. The van der Waals surface area contributed by atoms with E-state index in [1.165, 1.54) is 6.33 Å². The van der Waals surface area contributed by atoms with Crippen molar-refractivity contribution in [1.82, 2.24) is 19.9 Å². The van der Waals surface area contributed by atoms with Gasteiger partial charge in [0, 0.05) is 0 Å². The Morgan fingerprint density at radius 2 is 2.00 bits per heavy atom. The highest BCUT2D eigenvalue weighted by Crippen LogP contribution is 2.21. The molecule has 0 saturated carbocycles. The molecule has 20 heavy (non-hydrogen) atoms. The van der Waals surface area contributed by atoms with Crippen LogP contribution in [0.15, 0.2) is 36.9 Å². The van der Waals surface area contributed by atoms with Gasteiger partial charge in [0.05, 0.1) is 24.0 Å². The first kappa shape index (κ1) is 12.1. The minimum Gasteiger partial charge on any atom is -0.362 e. The van der Waals surface area contributed by atoms with Crippen LogP contribution in [-0.4, -0.2) is 19.9 Å². The summed E-state index contributed by atoms with van der Waals surface area (Å²) in [6.07, 6.45) is 3.08. The zero-order valence-corrected chi connectivity index (χ0v) is 10.8. The molecule has 2 N–H and O–H groups in total. The van der Waals surface area contributed by atoms with E-state index in [9.17, 15) is 0 Å². The number of H-pyrrole nitrogens is 1. The van der Waals surface area contributed by atoms with Gasteiger partial charge >= 0.3 is 0 Å². The summed E-state index contributed by atoms with van der Waals surface area (Å²) in [5.74, 6) is 0.712. The molecule has 2 aromatic heterocycles. The summed E-state index contributed by atoms with van der Waals surface area (Å²) in [6, 6.07) is 9.64. The van der Waals surface area contributed by atoms with Crippen molar-refractivity contribution in [3.63, 3.8) is 0 Å². The van der Waals surface area contributed by atoms with E-state index in [1.807, 2.05) is 19.1 Å². The molecular weight excluding hydrogens is 252 g/mol. The molecule has 0 aliphatic heterocycles. The van der Waals surface area contributed by atoms with E-state index < -0.39 is 0 Å². The van der Waals surface area contributed by atoms with Crippen LogP contribution in [0, 0.1) is 11.3 Å². The number of benzene rings is 1. The van der Waals surface area contributed by atoms with Gasteiger partial charge in [-0.05, 0) is 24.6 Å². The first-order valence-corrected chi connectivity index (χ1v) is 6.18. The minimum absolute atomic E-state index is 0.0594. The van der Waals surface area contributed by atoms with Crippen LogP contribution in [0.3, 0.4) is 0 Å². The number of aromatic amines is 1. The maximum absolute atomic E-state index is 8.80. The molecule has 0 aliphatic carbocycles. The van der Waals surface area contributed by atoms with Gasteiger partial charge < -0.3 is 10.3 Å². The average Bonchev–Trinajstić information content (AvgIpc) is 2.97. The lowest BCUT2D eigenvalue weighted by molar-refractivity contribution is 0.875. The monoisotopic (exact) mass is 264 g/mol. The molecule has 0 spiro atoms.